The van der Waals surface area contributed by atoms with Crippen LogP contribution in [0.1, 0.15) is 19.3 Å². The fourth-order valence-electron chi connectivity index (χ4n) is 2.25. The van der Waals surface area contributed by atoms with E-state index in [2.05, 4.69) is 0 Å². The number of fused-ring (bicyclic) bond motifs is 1. The molecule has 1 saturated heterocycles. The smallest absolute Gasteiger partial charge is 0.367 e. The largest absolute Gasteiger partial charge is 0.417 e. The van der Waals surface area contributed by atoms with Gasteiger partial charge in [0.1, 0.15) is 6.10 Å². The minimum absolute atomic E-state index is 0.0506. The normalized spacial score (nSPS) is 41.6. The number of hydrogen-bond acceptors (Lipinski definition) is 2. The molecule has 1 aliphatic heterocycles. The van der Waals surface area contributed by atoms with E-state index in [0.717, 1.165) is 0 Å². The van der Waals surface area contributed by atoms with Crippen molar-refractivity contribution in [3.8, 4) is 0 Å². The third-order valence-corrected chi connectivity index (χ3v) is 3.17. The molecule has 3 atom stereocenters. The van der Waals surface area contributed by atoms with Gasteiger partial charge in [-0.2, -0.15) is 13.2 Å². The van der Waals surface area contributed by atoms with Gasteiger partial charge >= 0.3 is 6.18 Å². The standard InChI is InChI=1S/C8H10F3NO2/c9-8(10,11)7-2-1-4(7)3-5(14-7)6(12)13/h4-5H,1-3H2,(H2,12,13). The van der Waals surface area contributed by atoms with Crippen LogP contribution in [0.2, 0.25) is 0 Å². The lowest BCUT2D eigenvalue weighted by atomic mass is 9.68. The van der Waals surface area contributed by atoms with E-state index in [9.17, 15) is 18.0 Å². The van der Waals surface area contributed by atoms with Crippen LogP contribution in [0.3, 0.4) is 0 Å². The molecule has 80 valence electrons. The molecule has 1 aliphatic carbocycles. The van der Waals surface area contributed by atoms with Gasteiger partial charge in [-0.3, -0.25) is 4.79 Å². The number of halogens is 3. The molecule has 2 fully saturated rings. The lowest BCUT2D eigenvalue weighted by molar-refractivity contribution is -0.306. The second-order valence-electron chi connectivity index (χ2n) is 3.87. The predicted octanol–water partition coefficient (Wildman–Crippen LogP) is 0.972. The highest BCUT2D eigenvalue weighted by Gasteiger charge is 2.70. The van der Waals surface area contributed by atoms with Gasteiger partial charge in [0.15, 0.2) is 5.60 Å². The molecular formula is C8H10F3NO2. The molecule has 3 unspecified atom stereocenters. The van der Waals surface area contributed by atoms with Gasteiger partial charge in [0.05, 0.1) is 0 Å². The predicted molar refractivity (Wildman–Crippen MR) is 40.2 cm³/mol. The summed E-state index contributed by atoms with van der Waals surface area (Å²) in [6, 6.07) is 0. The summed E-state index contributed by atoms with van der Waals surface area (Å²) in [7, 11) is 0. The summed E-state index contributed by atoms with van der Waals surface area (Å²) in [6.45, 7) is 0. The van der Waals surface area contributed by atoms with E-state index < -0.39 is 29.7 Å². The summed E-state index contributed by atoms with van der Waals surface area (Å²) in [5, 5.41) is 0. The second kappa shape index (κ2) is 2.62. The first kappa shape index (κ1) is 9.76. The molecule has 3 nitrogen and oxygen atoms in total. The molecule has 2 N–H and O–H groups in total. The zero-order chi connectivity index (χ0) is 10.6. The third kappa shape index (κ3) is 1.06. The van der Waals surface area contributed by atoms with E-state index in [4.69, 9.17) is 10.5 Å². The van der Waals surface area contributed by atoms with Gasteiger partial charge in [0.25, 0.3) is 0 Å². The highest BCUT2D eigenvalue weighted by Crippen LogP contribution is 2.58. The lowest BCUT2D eigenvalue weighted by Crippen LogP contribution is -2.56. The maximum Gasteiger partial charge on any atom is 0.417 e. The summed E-state index contributed by atoms with van der Waals surface area (Å²) in [5.74, 6) is -1.39. The molecule has 2 aliphatic rings. The number of rotatable bonds is 1. The molecule has 0 aromatic rings. The van der Waals surface area contributed by atoms with Crippen molar-refractivity contribution < 1.29 is 22.7 Å². The maximum absolute atomic E-state index is 12.6. The number of amides is 1. The molecule has 0 aromatic carbocycles. The Morgan fingerprint density at radius 2 is 2.14 bits per heavy atom. The van der Waals surface area contributed by atoms with Crippen LogP contribution in [0.25, 0.3) is 0 Å². The molecule has 0 spiro atoms. The van der Waals surface area contributed by atoms with Gasteiger partial charge in [-0.15, -0.1) is 0 Å². The maximum atomic E-state index is 12.6. The fourth-order valence-corrected chi connectivity index (χ4v) is 2.25. The average Bonchev–Trinajstić information content (AvgIpc) is 2.23. The Kier molecular flexibility index (Phi) is 1.83. The Balaban J connectivity index is 2.20. The average molecular weight is 209 g/mol. The summed E-state index contributed by atoms with van der Waals surface area (Å²) in [4.78, 5) is 10.7. The van der Waals surface area contributed by atoms with Crippen LogP contribution < -0.4 is 5.73 Å². The lowest BCUT2D eigenvalue weighted by Gasteiger charge is -2.44. The van der Waals surface area contributed by atoms with Gasteiger partial charge in [-0.05, 0) is 25.2 Å². The SMILES string of the molecule is NC(=O)C1CC2CCC2(C(F)(F)F)O1. The first-order chi connectivity index (χ1) is 6.37. The van der Waals surface area contributed by atoms with Gasteiger partial charge in [-0.25, -0.2) is 0 Å². The van der Waals surface area contributed by atoms with Crippen molar-refractivity contribution in [3.63, 3.8) is 0 Å². The minimum Gasteiger partial charge on any atom is -0.367 e. The zero-order valence-electron chi connectivity index (χ0n) is 7.30. The van der Waals surface area contributed by atoms with E-state index >= 15 is 0 Å². The molecule has 1 heterocycles. The zero-order valence-corrected chi connectivity index (χ0v) is 7.30. The highest BCUT2D eigenvalue weighted by molar-refractivity contribution is 5.79. The summed E-state index contributed by atoms with van der Waals surface area (Å²) in [6.07, 6.45) is -4.94. The van der Waals surface area contributed by atoms with Crippen LogP contribution in [0, 0.1) is 5.92 Å². The van der Waals surface area contributed by atoms with Crippen LogP contribution in [0.5, 0.6) is 0 Å². The van der Waals surface area contributed by atoms with Crippen molar-refractivity contribution in [3.05, 3.63) is 0 Å². The number of carbonyl (C=O) groups is 1. The van der Waals surface area contributed by atoms with Gasteiger partial charge in [0.2, 0.25) is 5.91 Å². The van der Waals surface area contributed by atoms with Crippen molar-refractivity contribution >= 4 is 5.91 Å². The molecular weight excluding hydrogens is 199 g/mol. The number of alkyl halides is 3. The number of nitrogens with two attached hydrogens (primary N) is 1. The number of hydrogen-bond donors (Lipinski definition) is 1. The molecule has 14 heavy (non-hydrogen) atoms. The summed E-state index contributed by atoms with van der Waals surface area (Å²) in [5.41, 5.74) is 2.84. The molecule has 0 radical (unpaired) electrons. The minimum atomic E-state index is -4.39. The highest BCUT2D eigenvalue weighted by atomic mass is 19.4. The summed E-state index contributed by atoms with van der Waals surface area (Å²) >= 11 is 0. The van der Waals surface area contributed by atoms with Crippen LogP contribution in [-0.4, -0.2) is 23.8 Å². The van der Waals surface area contributed by atoms with Crippen molar-refractivity contribution in [2.75, 3.05) is 0 Å². The van der Waals surface area contributed by atoms with Crippen LogP contribution in [-0.2, 0) is 9.53 Å². The Morgan fingerprint density at radius 3 is 2.43 bits per heavy atom. The third-order valence-electron chi connectivity index (χ3n) is 3.17. The van der Waals surface area contributed by atoms with Crippen molar-refractivity contribution in [1.82, 2.24) is 0 Å². The Hall–Kier alpha value is -0.780. The van der Waals surface area contributed by atoms with E-state index in [1.165, 1.54) is 0 Å². The number of primary amides is 1. The number of ether oxygens (including phenoxy) is 1. The first-order valence-corrected chi connectivity index (χ1v) is 4.41. The van der Waals surface area contributed by atoms with Crippen molar-refractivity contribution in [2.24, 2.45) is 11.7 Å². The van der Waals surface area contributed by atoms with Gasteiger partial charge in [0, 0.05) is 0 Å². The Bertz CT molecular complexity index is 278. The summed E-state index contributed by atoms with van der Waals surface area (Å²) < 4.78 is 42.6. The molecule has 0 bridgehead atoms. The van der Waals surface area contributed by atoms with E-state index in [1.807, 2.05) is 0 Å². The van der Waals surface area contributed by atoms with Crippen molar-refractivity contribution in [1.29, 1.82) is 0 Å². The van der Waals surface area contributed by atoms with E-state index in [1.54, 1.807) is 0 Å². The Morgan fingerprint density at radius 1 is 1.50 bits per heavy atom. The van der Waals surface area contributed by atoms with Crippen LogP contribution in [0.15, 0.2) is 0 Å². The first-order valence-electron chi connectivity index (χ1n) is 4.41. The van der Waals surface area contributed by atoms with Crippen LogP contribution >= 0.6 is 0 Å². The molecule has 2 rings (SSSR count). The van der Waals surface area contributed by atoms with E-state index in [-0.39, 0.29) is 12.8 Å². The monoisotopic (exact) mass is 209 g/mol. The molecule has 1 saturated carbocycles. The van der Waals surface area contributed by atoms with E-state index in [0.29, 0.717) is 6.42 Å². The fraction of sp³-hybridized carbons (Fsp3) is 0.875. The quantitative estimate of drug-likeness (QED) is 0.699. The van der Waals surface area contributed by atoms with Crippen molar-refractivity contribution in [2.45, 2.75) is 37.1 Å². The molecule has 6 heteroatoms. The van der Waals surface area contributed by atoms with Gasteiger partial charge < -0.3 is 10.5 Å². The van der Waals surface area contributed by atoms with Crippen LogP contribution in [0.4, 0.5) is 13.2 Å². The molecule has 0 aromatic heterocycles. The second-order valence-corrected chi connectivity index (χ2v) is 3.87. The van der Waals surface area contributed by atoms with Gasteiger partial charge in [-0.1, -0.05) is 0 Å². The Labute approximate surface area is 78.4 Å². The molecule has 1 amide bonds. The topological polar surface area (TPSA) is 52.3 Å². The number of carbonyl (C=O) groups excluding carboxylic acids is 1.